The van der Waals surface area contributed by atoms with Gasteiger partial charge in [0.15, 0.2) is 0 Å². The van der Waals surface area contributed by atoms with Gasteiger partial charge in [-0.3, -0.25) is 14.1 Å². The molecule has 1 atom stereocenters. The minimum Gasteiger partial charge on any atom is -1.00 e. The Bertz CT molecular complexity index is 1070. The Hall–Kier alpha value is 2.80. The minimum absolute atomic E-state index is 0. The zero-order chi connectivity index (χ0) is 37.9. The van der Waals surface area contributed by atoms with Gasteiger partial charge in [0.05, 0.1) is 18.6 Å². The molecular weight excluding hydrogens is 781 g/mol. The van der Waals surface area contributed by atoms with Crippen LogP contribution in [0.3, 0.4) is 0 Å². The van der Waals surface area contributed by atoms with E-state index in [4.69, 9.17) is 4.74 Å². The fourth-order valence-corrected chi connectivity index (χ4v) is 8.11. The van der Waals surface area contributed by atoms with E-state index in [1.54, 1.807) is 0 Å². The first kappa shape index (κ1) is 66.9. The Labute approximate surface area is 434 Å². The van der Waals surface area contributed by atoms with Crippen LogP contribution in [0.1, 0.15) is 238 Å². The molecule has 9 nitrogen and oxygen atoms in total. The zero-order valence-corrected chi connectivity index (χ0v) is 46.5. The number of rotatable bonds is 39. The molecule has 0 aromatic carbocycles. The predicted octanol–water partition coefficient (Wildman–Crippen LogP) is 0.386. The second-order valence-electron chi connectivity index (χ2n) is 14.7. The fourth-order valence-electron chi connectivity index (χ4n) is 6.41. The molecule has 0 amide bonds. The van der Waals surface area contributed by atoms with Crippen LogP contribution < -0.4 is 118 Å². The van der Waals surface area contributed by atoms with E-state index >= 15 is 0 Å². The van der Waals surface area contributed by atoms with Crippen molar-refractivity contribution in [3.05, 3.63) is 0 Å². The molecule has 0 bridgehead atoms. The van der Waals surface area contributed by atoms with Crippen molar-refractivity contribution in [1.82, 2.24) is 0 Å². The van der Waals surface area contributed by atoms with Crippen molar-refractivity contribution >= 4 is 32.2 Å². The molecule has 0 aromatic heterocycles. The maximum Gasteiger partial charge on any atom is 1.00 e. The average Bonchev–Trinajstić information content (AvgIpc) is 3.07. The van der Waals surface area contributed by atoms with Crippen molar-refractivity contribution in [2.75, 3.05) is 5.75 Å². The van der Waals surface area contributed by atoms with Crippen LogP contribution >= 0.6 is 0 Å². The number of carbonyl (C=O) groups is 2. The Morgan fingerprint density at radius 1 is 0.455 bits per heavy atom. The standard InChI is InChI=1S/C40H78O9S2.4Na.4H/c1-3-5-7-9-11-13-15-17-19-21-23-25-27-29-31-33-37-50(43,44)49-39(42)36-35-38(41)48-40(51(45,46)47)34-32-30-28-26-24-22-20-18-16-14-12-10-8-6-4-2;;;;;;;;/h40H,3-37H2,1-2H3,(H,45,46,47);;;;;;;;/q;4*+1;4*-1. The molecule has 0 saturated carbocycles. The third-order valence-electron chi connectivity index (χ3n) is 9.64. The summed E-state index contributed by atoms with van der Waals surface area (Å²) in [5, 5.41) is 0. The van der Waals surface area contributed by atoms with Gasteiger partial charge < -0.3 is 14.6 Å². The Morgan fingerprint density at radius 3 is 1.04 bits per heavy atom. The van der Waals surface area contributed by atoms with E-state index in [0.29, 0.717) is 12.8 Å². The van der Waals surface area contributed by atoms with E-state index in [1.807, 2.05) is 0 Å². The maximum atomic E-state index is 12.2. The van der Waals surface area contributed by atoms with E-state index in [-0.39, 0.29) is 136 Å². The molecule has 0 fully saturated rings. The van der Waals surface area contributed by atoms with Gasteiger partial charge in [-0.1, -0.05) is 200 Å². The summed E-state index contributed by atoms with van der Waals surface area (Å²) in [6, 6.07) is 0. The summed E-state index contributed by atoms with van der Waals surface area (Å²) in [5.41, 5.74) is -1.71. The summed E-state index contributed by atoms with van der Waals surface area (Å²) in [5.74, 6) is -2.37. The quantitative estimate of drug-likeness (QED) is 0.0306. The van der Waals surface area contributed by atoms with Crippen molar-refractivity contribution < 1.29 is 164 Å². The van der Waals surface area contributed by atoms with Gasteiger partial charge in [-0.05, 0) is 12.8 Å². The smallest absolute Gasteiger partial charge is 1.00 e. The van der Waals surface area contributed by atoms with Crippen LogP contribution in [-0.2, 0) is 38.7 Å². The third kappa shape index (κ3) is 49.3. The van der Waals surface area contributed by atoms with Gasteiger partial charge in [-0.15, -0.1) is 0 Å². The molecule has 0 radical (unpaired) electrons. The van der Waals surface area contributed by atoms with Crippen molar-refractivity contribution in [3.63, 3.8) is 0 Å². The van der Waals surface area contributed by atoms with Crippen molar-refractivity contribution in [2.24, 2.45) is 0 Å². The minimum atomic E-state index is -4.63. The molecule has 1 N–H and O–H groups in total. The average molecular weight is 863 g/mol. The molecule has 15 heteroatoms. The molecule has 0 spiro atoms. The number of hydrogen-bond acceptors (Lipinski definition) is 8. The van der Waals surface area contributed by atoms with Gasteiger partial charge in [0.1, 0.15) is 0 Å². The van der Waals surface area contributed by atoms with E-state index in [2.05, 4.69) is 18.0 Å². The normalized spacial score (nSPS) is 11.7. The Balaban J connectivity index is -0.000000446. The molecule has 0 saturated heterocycles. The number of ether oxygens (including phenoxy) is 1. The summed E-state index contributed by atoms with van der Waals surface area (Å²) in [6.45, 7) is 4.48. The van der Waals surface area contributed by atoms with Crippen LogP contribution in [0, 0.1) is 0 Å². The Kier molecular flexibility index (Phi) is 58.2. The van der Waals surface area contributed by atoms with Gasteiger partial charge in [-0.25, -0.2) is 0 Å². The van der Waals surface area contributed by atoms with Crippen LogP contribution in [0.2, 0.25) is 0 Å². The molecule has 0 heterocycles. The largest absolute Gasteiger partial charge is 1.00 e. The Morgan fingerprint density at radius 2 is 0.727 bits per heavy atom. The fraction of sp³-hybridized carbons (Fsp3) is 0.950. The molecule has 0 rings (SSSR count). The summed E-state index contributed by atoms with van der Waals surface area (Å²) in [6.07, 6.45) is 35.0. The number of esters is 1. The topological polar surface area (TPSA) is 141 Å². The third-order valence-corrected chi connectivity index (χ3v) is 11.9. The molecule has 0 aromatic rings. The molecule has 0 aliphatic carbocycles. The van der Waals surface area contributed by atoms with Crippen molar-refractivity contribution in [2.45, 2.75) is 238 Å². The second-order valence-corrected chi connectivity index (χ2v) is 17.9. The zero-order valence-electron chi connectivity index (χ0n) is 40.9. The first-order valence-electron chi connectivity index (χ1n) is 21.1. The number of unbranched alkanes of at least 4 members (excludes halogenated alkanes) is 29. The monoisotopic (exact) mass is 862 g/mol. The molecule has 0 aliphatic rings. The van der Waals surface area contributed by atoms with Gasteiger partial charge in [0.25, 0.3) is 0 Å². The van der Waals surface area contributed by atoms with Crippen LogP contribution in [-0.4, -0.2) is 44.5 Å². The maximum absolute atomic E-state index is 12.2. The van der Waals surface area contributed by atoms with Crippen LogP contribution in [0.4, 0.5) is 0 Å². The van der Waals surface area contributed by atoms with Crippen LogP contribution in [0.15, 0.2) is 0 Å². The SMILES string of the molecule is CCCCCCCCCCCCCCCCCCS(=O)(=O)OC(=O)CCC(=O)OC(CCCCCCCCCCCCCCCCC)S(=O)(=O)O.[H-].[H-].[H-].[H-].[Na+].[Na+].[Na+].[Na+]. The van der Waals surface area contributed by atoms with E-state index in [0.717, 1.165) is 51.4 Å². The van der Waals surface area contributed by atoms with Crippen molar-refractivity contribution in [3.8, 4) is 0 Å². The van der Waals surface area contributed by atoms with E-state index < -0.39 is 50.5 Å². The van der Waals surface area contributed by atoms with E-state index in [1.165, 1.54) is 135 Å². The summed E-state index contributed by atoms with van der Waals surface area (Å²) in [7, 11) is -8.70. The number of hydrogen-bond donors (Lipinski definition) is 1. The summed E-state index contributed by atoms with van der Waals surface area (Å²) < 4.78 is 67.0. The first-order chi connectivity index (χ1) is 24.5. The second kappa shape index (κ2) is 47.8. The molecular formula is C40H82Na4O9S2. The van der Waals surface area contributed by atoms with Crippen LogP contribution in [0.5, 0.6) is 0 Å². The first-order valence-corrected chi connectivity index (χ1v) is 24.2. The van der Waals surface area contributed by atoms with Crippen molar-refractivity contribution in [1.29, 1.82) is 0 Å². The van der Waals surface area contributed by atoms with Gasteiger partial charge >= 0.3 is 150 Å². The molecule has 1 unspecified atom stereocenters. The van der Waals surface area contributed by atoms with E-state index in [9.17, 15) is 31.0 Å². The van der Waals surface area contributed by atoms with Crippen LogP contribution in [0.25, 0.3) is 0 Å². The molecule has 0 aliphatic heterocycles. The van der Waals surface area contributed by atoms with Gasteiger partial charge in [0, 0.05) is 6.42 Å². The summed E-state index contributed by atoms with van der Waals surface area (Å²) >= 11 is 0. The molecule has 312 valence electrons. The van der Waals surface area contributed by atoms with Gasteiger partial charge in [0.2, 0.25) is 5.44 Å². The molecule has 55 heavy (non-hydrogen) atoms. The van der Waals surface area contributed by atoms with Gasteiger partial charge in [-0.2, -0.15) is 16.8 Å². The number of carbonyl (C=O) groups excluding carboxylic acids is 2. The predicted molar refractivity (Wildman–Crippen MR) is 214 cm³/mol. The summed E-state index contributed by atoms with van der Waals surface area (Å²) in [4.78, 5) is 24.3.